The molecule has 1 aliphatic heterocycles. The highest BCUT2D eigenvalue weighted by Crippen LogP contribution is 2.29. The molecule has 1 amide bonds. The molecule has 4 aromatic heterocycles. The zero-order valence-electron chi connectivity index (χ0n) is 18.5. The van der Waals surface area contributed by atoms with Crippen molar-refractivity contribution in [2.45, 2.75) is 32.6 Å². The lowest BCUT2D eigenvalue weighted by molar-refractivity contribution is -0.116. The van der Waals surface area contributed by atoms with E-state index in [1.165, 1.54) is 0 Å². The van der Waals surface area contributed by atoms with Crippen molar-refractivity contribution in [2.75, 3.05) is 23.3 Å². The van der Waals surface area contributed by atoms with Gasteiger partial charge in [0.25, 0.3) is 0 Å². The van der Waals surface area contributed by atoms with E-state index in [0.717, 1.165) is 41.1 Å². The third-order valence-electron chi connectivity index (χ3n) is 5.60. The minimum atomic E-state index is -0.173. The Morgan fingerprint density at radius 2 is 1.88 bits per heavy atom. The molecule has 0 spiro atoms. The van der Waals surface area contributed by atoms with E-state index in [4.69, 9.17) is 4.74 Å². The van der Waals surface area contributed by atoms with E-state index in [9.17, 15) is 4.79 Å². The number of pyridine rings is 2. The Kier molecular flexibility index (Phi) is 5.70. The van der Waals surface area contributed by atoms with Crippen LogP contribution in [-0.2, 0) is 16.1 Å². The number of fused-ring (bicyclic) bond motifs is 1. The SMILES string of the molecule is CC1CN(c2ccnc3c2ccn3CC(=O)Nc2ccc(-c3cnccn3)cn2)CC(C)O1. The van der Waals surface area contributed by atoms with Crippen molar-refractivity contribution in [2.24, 2.45) is 0 Å². The van der Waals surface area contributed by atoms with Crippen LogP contribution < -0.4 is 10.2 Å². The van der Waals surface area contributed by atoms with Gasteiger partial charge in [0.2, 0.25) is 5.91 Å². The maximum atomic E-state index is 12.7. The Morgan fingerprint density at radius 1 is 1.03 bits per heavy atom. The lowest BCUT2D eigenvalue weighted by Crippen LogP contribution is -2.45. The molecule has 33 heavy (non-hydrogen) atoms. The summed E-state index contributed by atoms with van der Waals surface area (Å²) in [4.78, 5) is 32.2. The fourth-order valence-corrected chi connectivity index (χ4v) is 4.26. The summed E-state index contributed by atoms with van der Waals surface area (Å²) in [5, 5.41) is 3.88. The van der Waals surface area contributed by atoms with Gasteiger partial charge in [0.05, 0.1) is 24.1 Å². The minimum absolute atomic E-state index is 0.142. The van der Waals surface area contributed by atoms with Gasteiger partial charge in [0, 0.05) is 60.7 Å². The Labute approximate surface area is 191 Å². The molecule has 0 saturated carbocycles. The number of amides is 1. The van der Waals surface area contributed by atoms with Crippen LogP contribution in [0, 0.1) is 0 Å². The number of hydrogen-bond acceptors (Lipinski definition) is 7. The van der Waals surface area contributed by atoms with Gasteiger partial charge in [-0.3, -0.25) is 14.8 Å². The van der Waals surface area contributed by atoms with Gasteiger partial charge in [-0.1, -0.05) is 0 Å². The number of carbonyl (C=O) groups is 1. The normalized spacial score (nSPS) is 18.4. The number of nitrogens with zero attached hydrogens (tertiary/aromatic N) is 6. The molecular formula is C24H25N7O2. The molecule has 9 nitrogen and oxygen atoms in total. The third kappa shape index (κ3) is 4.54. The summed E-state index contributed by atoms with van der Waals surface area (Å²) >= 11 is 0. The summed E-state index contributed by atoms with van der Waals surface area (Å²) in [7, 11) is 0. The Morgan fingerprint density at radius 3 is 2.61 bits per heavy atom. The topological polar surface area (TPSA) is 98.1 Å². The molecule has 1 fully saturated rings. The van der Waals surface area contributed by atoms with Gasteiger partial charge in [0.15, 0.2) is 0 Å². The van der Waals surface area contributed by atoms with E-state index in [0.29, 0.717) is 5.82 Å². The summed E-state index contributed by atoms with van der Waals surface area (Å²) in [6.07, 6.45) is 10.6. The molecule has 5 heterocycles. The zero-order chi connectivity index (χ0) is 22.8. The van der Waals surface area contributed by atoms with Gasteiger partial charge in [-0.15, -0.1) is 0 Å². The van der Waals surface area contributed by atoms with E-state index in [2.05, 4.69) is 44.0 Å². The number of ether oxygens (including phenoxy) is 1. The van der Waals surface area contributed by atoms with Crippen LogP contribution in [-0.4, -0.2) is 55.7 Å². The molecule has 0 bridgehead atoms. The van der Waals surface area contributed by atoms with Crippen LogP contribution in [0.3, 0.4) is 0 Å². The standard InChI is InChI=1S/C24H25N7O2/c1-16-13-31(14-17(2)33-16)21-5-7-27-24-19(21)6-10-30(24)15-23(32)29-22-4-3-18(11-28-22)20-12-25-8-9-26-20/h3-12,16-17H,13-15H2,1-2H3,(H,28,29,32). The first-order valence-electron chi connectivity index (χ1n) is 10.9. The number of aromatic nitrogens is 5. The van der Waals surface area contributed by atoms with Crippen LogP contribution in [0.1, 0.15) is 13.8 Å². The molecule has 0 aromatic carbocycles. The molecule has 5 rings (SSSR count). The van der Waals surface area contributed by atoms with Crippen molar-refractivity contribution in [3.63, 3.8) is 0 Å². The van der Waals surface area contributed by atoms with Gasteiger partial charge < -0.3 is 19.5 Å². The summed E-state index contributed by atoms with van der Waals surface area (Å²) in [6.45, 7) is 5.97. The lowest BCUT2D eigenvalue weighted by Gasteiger charge is -2.37. The van der Waals surface area contributed by atoms with Crippen LogP contribution >= 0.6 is 0 Å². The highest BCUT2D eigenvalue weighted by atomic mass is 16.5. The lowest BCUT2D eigenvalue weighted by atomic mass is 10.2. The van der Waals surface area contributed by atoms with Crippen LogP contribution in [0.15, 0.2) is 61.4 Å². The second-order valence-electron chi connectivity index (χ2n) is 8.24. The molecule has 168 valence electrons. The number of morpholine rings is 1. The fraction of sp³-hybridized carbons (Fsp3) is 0.292. The first-order valence-corrected chi connectivity index (χ1v) is 10.9. The Hall–Kier alpha value is -3.85. The average molecular weight is 444 g/mol. The molecule has 2 unspecified atom stereocenters. The first kappa shape index (κ1) is 21.0. The highest BCUT2D eigenvalue weighted by molar-refractivity contribution is 5.93. The van der Waals surface area contributed by atoms with Crippen molar-refractivity contribution < 1.29 is 9.53 Å². The summed E-state index contributed by atoms with van der Waals surface area (Å²) in [6, 6.07) is 7.66. The van der Waals surface area contributed by atoms with Gasteiger partial charge in [-0.2, -0.15) is 0 Å². The van der Waals surface area contributed by atoms with E-state index in [1.807, 2.05) is 29.0 Å². The van der Waals surface area contributed by atoms with Crippen molar-refractivity contribution in [1.82, 2.24) is 24.5 Å². The number of carbonyl (C=O) groups excluding carboxylic acids is 1. The Bertz CT molecular complexity index is 1250. The van der Waals surface area contributed by atoms with Gasteiger partial charge in [0.1, 0.15) is 18.0 Å². The van der Waals surface area contributed by atoms with Gasteiger partial charge in [-0.05, 0) is 38.1 Å². The quantitative estimate of drug-likeness (QED) is 0.506. The van der Waals surface area contributed by atoms with E-state index in [-0.39, 0.29) is 24.7 Å². The van der Waals surface area contributed by atoms with E-state index < -0.39 is 0 Å². The van der Waals surface area contributed by atoms with Crippen molar-refractivity contribution in [3.05, 3.63) is 61.4 Å². The van der Waals surface area contributed by atoms with Crippen molar-refractivity contribution in [1.29, 1.82) is 0 Å². The zero-order valence-corrected chi connectivity index (χ0v) is 18.5. The Balaban J connectivity index is 1.30. The summed E-state index contributed by atoms with van der Waals surface area (Å²) in [5.41, 5.74) is 3.46. The molecule has 0 aliphatic carbocycles. The molecule has 2 atom stereocenters. The number of rotatable bonds is 5. The largest absolute Gasteiger partial charge is 0.372 e. The molecule has 9 heteroatoms. The molecular weight excluding hydrogens is 418 g/mol. The maximum absolute atomic E-state index is 12.7. The second-order valence-corrected chi connectivity index (χ2v) is 8.24. The molecule has 1 aliphatic rings. The fourth-order valence-electron chi connectivity index (χ4n) is 4.26. The number of nitrogens with one attached hydrogen (secondary N) is 1. The van der Waals surface area contributed by atoms with Crippen LogP contribution in [0.5, 0.6) is 0 Å². The predicted octanol–water partition coefficient (Wildman–Crippen LogP) is 3.14. The van der Waals surface area contributed by atoms with Crippen molar-refractivity contribution in [3.8, 4) is 11.3 Å². The molecule has 4 aromatic rings. The smallest absolute Gasteiger partial charge is 0.245 e. The maximum Gasteiger partial charge on any atom is 0.245 e. The van der Waals surface area contributed by atoms with E-state index in [1.54, 1.807) is 37.1 Å². The average Bonchev–Trinajstić information content (AvgIpc) is 3.22. The monoisotopic (exact) mass is 443 g/mol. The van der Waals surface area contributed by atoms with Crippen LogP contribution in [0.25, 0.3) is 22.3 Å². The minimum Gasteiger partial charge on any atom is -0.372 e. The summed E-state index contributed by atoms with van der Waals surface area (Å²) < 4.78 is 7.73. The summed E-state index contributed by atoms with van der Waals surface area (Å²) in [5.74, 6) is 0.308. The molecule has 1 saturated heterocycles. The molecule has 1 N–H and O–H groups in total. The van der Waals surface area contributed by atoms with Crippen LogP contribution in [0.2, 0.25) is 0 Å². The number of hydrogen-bond donors (Lipinski definition) is 1. The predicted molar refractivity (Wildman–Crippen MR) is 126 cm³/mol. The highest BCUT2D eigenvalue weighted by Gasteiger charge is 2.24. The van der Waals surface area contributed by atoms with Crippen LogP contribution in [0.4, 0.5) is 11.5 Å². The van der Waals surface area contributed by atoms with Crippen molar-refractivity contribution >= 4 is 28.4 Å². The number of anilines is 2. The second kappa shape index (κ2) is 8.95. The third-order valence-corrected chi connectivity index (χ3v) is 5.60. The molecule has 0 radical (unpaired) electrons. The van der Waals surface area contributed by atoms with Gasteiger partial charge >= 0.3 is 0 Å². The van der Waals surface area contributed by atoms with E-state index >= 15 is 0 Å². The first-order chi connectivity index (χ1) is 16.1. The van der Waals surface area contributed by atoms with Gasteiger partial charge in [-0.25, -0.2) is 9.97 Å².